The summed E-state index contributed by atoms with van der Waals surface area (Å²) in [5.41, 5.74) is -1.91. The van der Waals surface area contributed by atoms with Gasteiger partial charge in [0.15, 0.2) is 0 Å². The van der Waals surface area contributed by atoms with Crippen LogP contribution in [0.15, 0.2) is 18.2 Å². The van der Waals surface area contributed by atoms with Gasteiger partial charge in [0.2, 0.25) is 5.91 Å². The quantitative estimate of drug-likeness (QED) is 0.445. The zero-order valence-electron chi connectivity index (χ0n) is 15.1. The van der Waals surface area contributed by atoms with E-state index in [9.17, 15) is 32.9 Å². The zero-order valence-corrected chi connectivity index (χ0v) is 15.1. The Morgan fingerprint density at radius 1 is 1.32 bits per heavy atom. The first-order chi connectivity index (χ1) is 13.1. The van der Waals surface area contributed by atoms with Crippen LogP contribution in [0.4, 0.5) is 24.5 Å². The molecule has 1 aliphatic rings. The number of nitrogens with one attached hydrogen (secondary N) is 1. The van der Waals surface area contributed by atoms with Gasteiger partial charge in [-0.15, -0.1) is 0 Å². The molecule has 1 aromatic carbocycles. The van der Waals surface area contributed by atoms with Crippen molar-refractivity contribution < 1.29 is 32.4 Å². The summed E-state index contributed by atoms with van der Waals surface area (Å²) in [6.45, 7) is 0.833. The number of anilines is 1. The average molecular weight is 403 g/mol. The number of rotatable bonds is 6. The predicted molar refractivity (Wildman–Crippen MR) is 92.5 cm³/mol. The molecule has 1 fully saturated rings. The van der Waals surface area contributed by atoms with Gasteiger partial charge in [0.1, 0.15) is 5.69 Å². The first kappa shape index (κ1) is 21.5. The molecule has 0 saturated carbocycles. The standard InChI is InChI=1S/C17H20F3N3O5/c1-28-16(25)11-5-8-22(9-6-11)15(24)4-7-21-13-3-2-12(17(18,19)20)10-14(13)23(26)27/h2-3,10-11,21H,4-9H2,1H3. The summed E-state index contributed by atoms with van der Waals surface area (Å²) >= 11 is 0. The molecule has 1 amide bonds. The number of carbonyl (C=O) groups excluding carboxylic acids is 2. The number of benzene rings is 1. The van der Waals surface area contributed by atoms with Crippen LogP contribution in [0.2, 0.25) is 0 Å². The van der Waals surface area contributed by atoms with Crippen LogP contribution in [0.5, 0.6) is 0 Å². The van der Waals surface area contributed by atoms with E-state index < -0.39 is 22.4 Å². The lowest BCUT2D eigenvalue weighted by atomic mass is 9.97. The molecular formula is C17H20F3N3O5. The van der Waals surface area contributed by atoms with E-state index in [1.165, 1.54) is 7.11 Å². The van der Waals surface area contributed by atoms with E-state index in [4.69, 9.17) is 0 Å². The van der Waals surface area contributed by atoms with Crippen molar-refractivity contribution in [2.45, 2.75) is 25.4 Å². The highest BCUT2D eigenvalue weighted by molar-refractivity contribution is 5.78. The number of carbonyl (C=O) groups is 2. The molecule has 1 aliphatic heterocycles. The van der Waals surface area contributed by atoms with Crippen molar-refractivity contribution in [2.75, 3.05) is 32.1 Å². The number of halogens is 3. The Hall–Kier alpha value is -2.85. The van der Waals surface area contributed by atoms with Crippen molar-refractivity contribution >= 4 is 23.3 Å². The molecule has 0 unspecified atom stereocenters. The lowest BCUT2D eigenvalue weighted by Crippen LogP contribution is -2.41. The number of esters is 1. The maximum atomic E-state index is 12.7. The van der Waals surface area contributed by atoms with Gasteiger partial charge in [-0.25, -0.2) is 0 Å². The number of alkyl halides is 3. The fourth-order valence-corrected chi connectivity index (χ4v) is 3.00. The third-order valence-corrected chi connectivity index (χ3v) is 4.56. The van der Waals surface area contributed by atoms with Gasteiger partial charge >= 0.3 is 12.1 Å². The molecule has 0 bridgehead atoms. The predicted octanol–water partition coefficient (Wildman–Crippen LogP) is 2.83. The molecule has 0 spiro atoms. The van der Waals surface area contributed by atoms with Gasteiger partial charge in [-0.2, -0.15) is 13.2 Å². The molecular weight excluding hydrogens is 383 g/mol. The molecule has 1 aromatic rings. The summed E-state index contributed by atoms with van der Waals surface area (Å²) in [5, 5.41) is 13.7. The Kier molecular flexibility index (Phi) is 6.81. The Morgan fingerprint density at radius 2 is 1.96 bits per heavy atom. The SMILES string of the molecule is COC(=O)C1CCN(C(=O)CCNc2ccc(C(F)(F)F)cc2[N+](=O)[O-])CC1. The second kappa shape index (κ2) is 8.89. The largest absolute Gasteiger partial charge is 0.469 e. The van der Waals surface area contributed by atoms with Crippen molar-refractivity contribution in [2.24, 2.45) is 5.92 Å². The van der Waals surface area contributed by atoms with Crippen LogP contribution in [-0.2, 0) is 20.5 Å². The third-order valence-electron chi connectivity index (χ3n) is 4.56. The van der Waals surface area contributed by atoms with Crippen LogP contribution in [0.1, 0.15) is 24.8 Å². The van der Waals surface area contributed by atoms with Crippen LogP contribution in [0.3, 0.4) is 0 Å². The summed E-state index contributed by atoms with van der Waals surface area (Å²) in [5.74, 6) is -0.740. The number of nitro benzene ring substituents is 1. The lowest BCUT2D eigenvalue weighted by Gasteiger charge is -2.30. The number of hydrogen-bond donors (Lipinski definition) is 1. The Balaban J connectivity index is 1.90. The number of ether oxygens (including phenoxy) is 1. The van der Waals surface area contributed by atoms with Gasteiger partial charge in [-0.1, -0.05) is 0 Å². The highest BCUT2D eigenvalue weighted by Gasteiger charge is 2.33. The number of piperidine rings is 1. The molecule has 28 heavy (non-hydrogen) atoms. The van der Waals surface area contributed by atoms with E-state index in [0.717, 1.165) is 12.1 Å². The smallest absolute Gasteiger partial charge is 0.416 e. The van der Waals surface area contributed by atoms with Crippen LogP contribution < -0.4 is 5.32 Å². The van der Waals surface area contributed by atoms with Gasteiger partial charge < -0.3 is 15.0 Å². The van der Waals surface area contributed by atoms with Crippen molar-refractivity contribution in [1.82, 2.24) is 4.90 Å². The summed E-state index contributed by atoms with van der Waals surface area (Å²) in [4.78, 5) is 35.4. The number of likely N-dealkylation sites (tertiary alicyclic amines) is 1. The highest BCUT2D eigenvalue weighted by Crippen LogP contribution is 2.34. The summed E-state index contributed by atoms with van der Waals surface area (Å²) in [6.07, 6.45) is -3.68. The molecule has 1 heterocycles. The van der Waals surface area contributed by atoms with Crippen LogP contribution in [0, 0.1) is 16.0 Å². The van der Waals surface area contributed by atoms with Crippen LogP contribution in [-0.4, -0.2) is 48.4 Å². The minimum Gasteiger partial charge on any atom is -0.469 e. The van der Waals surface area contributed by atoms with Gasteiger partial charge in [0.05, 0.1) is 23.5 Å². The number of nitrogens with zero attached hydrogens (tertiary/aromatic N) is 2. The maximum absolute atomic E-state index is 12.7. The van der Waals surface area contributed by atoms with E-state index in [-0.39, 0.29) is 36.4 Å². The van der Waals surface area contributed by atoms with Crippen molar-refractivity contribution in [3.63, 3.8) is 0 Å². The Morgan fingerprint density at radius 3 is 2.50 bits per heavy atom. The van der Waals surface area contributed by atoms with Crippen molar-refractivity contribution in [1.29, 1.82) is 0 Å². The molecule has 0 aromatic heterocycles. The molecule has 8 nitrogen and oxygen atoms in total. The first-order valence-corrected chi connectivity index (χ1v) is 8.58. The minimum absolute atomic E-state index is 0.0149. The molecule has 1 saturated heterocycles. The lowest BCUT2D eigenvalue weighted by molar-refractivity contribution is -0.384. The second-order valence-corrected chi connectivity index (χ2v) is 6.34. The van der Waals surface area contributed by atoms with Gasteiger partial charge in [-0.05, 0) is 25.0 Å². The Bertz CT molecular complexity index is 746. The minimum atomic E-state index is -4.68. The molecule has 0 aliphatic carbocycles. The van der Waals surface area contributed by atoms with E-state index in [0.29, 0.717) is 32.0 Å². The highest BCUT2D eigenvalue weighted by atomic mass is 19.4. The fourth-order valence-electron chi connectivity index (χ4n) is 3.00. The number of amides is 1. The van der Waals surface area contributed by atoms with Gasteiger partial charge in [0.25, 0.3) is 5.69 Å². The normalized spacial score (nSPS) is 15.2. The molecule has 11 heteroatoms. The number of hydrogen-bond acceptors (Lipinski definition) is 6. The summed E-state index contributed by atoms with van der Waals surface area (Å²) in [7, 11) is 1.31. The van der Waals surface area contributed by atoms with Crippen LogP contribution >= 0.6 is 0 Å². The molecule has 0 radical (unpaired) electrons. The summed E-state index contributed by atoms with van der Waals surface area (Å²) < 4.78 is 42.8. The second-order valence-electron chi connectivity index (χ2n) is 6.34. The van der Waals surface area contributed by atoms with E-state index in [1.807, 2.05) is 0 Å². The van der Waals surface area contributed by atoms with Gasteiger partial charge in [-0.3, -0.25) is 19.7 Å². The molecule has 0 atom stereocenters. The Labute approximate surface area is 158 Å². The monoisotopic (exact) mass is 403 g/mol. The fraction of sp³-hybridized carbons (Fsp3) is 0.529. The van der Waals surface area contributed by atoms with Crippen LogP contribution in [0.25, 0.3) is 0 Å². The molecule has 2 rings (SSSR count). The summed E-state index contributed by atoms with van der Waals surface area (Å²) in [6, 6.07) is 2.18. The van der Waals surface area contributed by atoms with Crippen molar-refractivity contribution in [3.05, 3.63) is 33.9 Å². The van der Waals surface area contributed by atoms with E-state index >= 15 is 0 Å². The van der Waals surface area contributed by atoms with E-state index in [1.54, 1.807) is 4.90 Å². The number of nitro groups is 1. The average Bonchev–Trinajstić information content (AvgIpc) is 2.66. The zero-order chi connectivity index (χ0) is 20.9. The first-order valence-electron chi connectivity index (χ1n) is 8.58. The van der Waals surface area contributed by atoms with E-state index in [2.05, 4.69) is 10.1 Å². The maximum Gasteiger partial charge on any atom is 0.416 e. The topological polar surface area (TPSA) is 102 Å². The number of methoxy groups -OCH3 is 1. The van der Waals surface area contributed by atoms with Gasteiger partial charge in [0, 0.05) is 32.1 Å². The third kappa shape index (κ3) is 5.33. The molecule has 154 valence electrons. The van der Waals surface area contributed by atoms with Crippen molar-refractivity contribution in [3.8, 4) is 0 Å². The molecule has 1 N–H and O–H groups in total.